The average molecular weight is 421 g/mol. The second kappa shape index (κ2) is 10.7. The SMILES string of the molecule is CN(Cc1ccccc1NCC(=O)N1CCN(c2ccccc2)CC1)C1CCCCC1. The van der Waals surface area contributed by atoms with Gasteiger partial charge >= 0.3 is 0 Å². The number of benzene rings is 2. The third-order valence-corrected chi connectivity index (χ3v) is 6.82. The van der Waals surface area contributed by atoms with E-state index in [4.69, 9.17) is 0 Å². The fourth-order valence-corrected chi connectivity index (χ4v) is 4.89. The molecule has 2 aliphatic rings. The number of carbonyl (C=O) groups excluding carboxylic acids is 1. The summed E-state index contributed by atoms with van der Waals surface area (Å²) in [5.41, 5.74) is 3.60. The van der Waals surface area contributed by atoms with Crippen LogP contribution in [-0.2, 0) is 11.3 Å². The number of amides is 1. The maximum Gasteiger partial charge on any atom is 0.241 e. The zero-order valence-corrected chi connectivity index (χ0v) is 18.8. The molecule has 1 N–H and O–H groups in total. The van der Waals surface area contributed by atoms with E-state index in [1.807, 2.05) is 11.0 Å². The van der Waals surface area contributed by atoms with E-state index in [0.29, 0.717) is 12.6 Å². The van der Waals surface area contributed by atoms with E-state index < -0.39 is 0 Å². The fourth-order valence-electron chi connectivity index (χ4n) is 4.89. The van der Waals surface area contributed by atoms with Crippen LogP contribution in [0.15, 0.2) is 54.6 Å². The number of hydrogen-bond acceptors (Lipinski definition) is 4. The Labute approximate surface area is 187 Å². The highest BCUT2D eigenvalue weighted by molar-refractivity contribution is 5.81. The van der Waals surface area contributed by atoms with Crippen LogP contribution in [-0.4, -0.2) is 61.5 Å². The number of anilines is 2. The molecule has 31 heavy (non-hydrogen) atoms. The minimum atomic E-state index is 0.183. The van der Waals surface area contributed by atoms with Gasteiger partial charge in [0.15, 0.2) is 0 Å². The van der Waals surface area contributed by atoms with Crippen LogP contribution >= 0.6 is 0 Å². The molecule has 1 aliphatic carbocycles. The van der Waals surface area contributed by atoms with Crippen LogP contribution in [0.1, 0.15) is 37.7 Å². The van der Waals surface area contributed by atoms with Gasteiger partial charge in [0.25, 0.3) is 0 Å². The van der Waals surface area contributed by atoms with Gasteiger partial charge < -0.3 is 15.1 Å². The first-order chi connectivity index (χ1) is 15.2. The maximum absolute atomic E-state index is 12.8. The summed E-state index contributed by atoms with van der Waals surface area (Å²) in [6.07, 6.45) is 6.69. The lowest BCUT2D eigenvalue weighted by Gasteiger charge is -2.36. The maximum atomic E-state index is 12.8. The molecule has 166 valence electrons. The van der Waals surface area contributed by atoms with Gasteiger partial charge in [-0.15, -0.1) is 0 Å². The monoisotopic (exact) mass is 420 g/mol. The molecule has 1 aliphatic heterocycles. The first kappa shape index (κ1) is 21.7. The molecular weight excluding hydrogens is 384 g/mol. The summed E-state index contributed by atoms with van der Waals surface area (Å²) >= 11 is 0. The number of piperazine rings is 1. The van der Waals surface area contributed by atoms with Crippen molar-refractivity contribution >= 4 is 17.3 Å². The molecule has 1 saturated carbocycles. The fraction of sp³-hybridized carbons (Fsp3) is 0.500. The lowest BCUT2D eigenvalue weighted by Crippen LogP contribution is -2.50. The Kier molecular flexibility index (Phi) is 7.47. The van der Waals surface area contributed by atoms with E-state index >= 15 is 0 Å². The van der Waals surface area contributed by atoms with Gasteiger partial charge in [0, 0.05) is 50.1 Å². The van der Waals surface area contributed by atoms with Crippen LogP contribution in [0.3, 0.4) is 0 Å². The molecule has 0 bridgehead atoms. The molecule has 1 heterocycles. The van der Waals surface area contributed by atoms with Crippen molar-refractivity contribution in [1.29, 1.82) is 0 Å². The molecule has 0 spiro atoms. The Hall–Kier alpha value is -2.53. The van der Waals surface area contributed by atoms with Crippen LogP contribution in [0.5, 0.6) is 0 Å². The number of rotatable bonds is 7. The largest absolute Gasteiger partial charge is 0.376 e. The molecule has 1 amide bonds. The lowest BCUT2D eigenvalue weighted by atomic mass is 9.94. The summed E-state index contributed by atoms with van der Waals surface area (Å²) in [6, 6.07) is 19.6. The number of para-hydroxylation sites is 2. The number of hydrogen-bond donors (Lipinski definition) is 1. The molecule has 0 aromatic heterocycles. The topological polar surface area (TPSA) is 38.8 Å². The van der Waals surface area contributed by atoms with E-state index in [1.54, 1.807) is 0 Å². The molecule has 2 fully saturated rings. The van der Waals surface area contributed by atoms with Crippen LogP contribution < -0.4 is 10.2 Å². The van der Waals surface area contributed by atoms with E-state index in [9.17, 15) is 4.79 Å². The average Bonchev–Trinajstić information content (AvgIpc) is 2.84. The van der Waals surface area contributed by atoms with E-state index in [0.717, 1.165) is 38.4 Å². The molecular formula is C26H36N4O. The van der Waals surface area contributed by atoms with Gasteiger partial charge in [-0.05, 0) is 43.7 Å². The van der Waals surface area contributed by atoms with Crippen LogP contribution in [0, 0.1) is 0 Å². The Balaban J connectivity index is 1.28. The lowest BCUT2D eigenvalue weighted by molar-refractivity contribution is -0.129. The Morgan fingerprint density at radius 2 is 1.61 bits per heavy atom. The van der Waals surface area contributed by atoms with Crippen molar-refractivity contribution in [2.75, 3.05) is 50.0 Å². The highest BCUT2D eigenvalue weighted by Gasteiger charge is 2.22. The van der Waals surface area contributed by atoms with Crippen molar-refractivity contribution in [3.8, 4) is 0 Å². The van der Waals surface area contributed by atoms with Gasteiger partial charge in [-0.2, -0.15) is 0 Å². The summed E-state index contributed by atoms with van der Waals surface area (Å²) in [7, 11) is 2.24. The second-order valence-corrected chi connectivity index (χ2v) is 8.92. The van der Waals surface area contributed by atoms with E-state index in [2.05, 4.69) is 70.7 Å². The molecule has 2 aromatic rings. The molecule has 0 atom stereocenters. The van der Waals surface area contributed by atoms with Crippen LogP contribution in [0.25, 0.3) is 0 Å². The van der Waals surface area contributed by atoms with E-state index in [1.165, 1.54) is 43.4 Å². The molecule has 0 radical (unpaired) electrons. The van der Waals surface area contributed by atoms with Gasteiger partial charge in [0.1, 0.15) is 0 Å². The quantitative estimate of drug-likeness (QED) is 0.728. The minimum Gasteiger partial charge on any atom is -0.376 e. The second-order valence-electron chi connectivity index (χ2n) is 8.92. The summed E-state index contributed by atoms with van der Waals surface area (Å²) < 4.78 is 0. The predicted octanol–water partition coefficient (Wildman–Crippen LogP) is 4.21. The summed E-state index contributed by atoms with van der Waals surface area (Å²) in [6.45, 7) is 4.62. The number of carbonyl (C=O) groups is 1. The Morgan fingerprint density at radius 3 is 2.35 bits per heavy atom. The third-order valence-electron chi connectivity index (χ3n) is 6.82. The van der Waals surface area contributed by atoms with Gasteiger partial charge in [0.2, 0.25) is 5.91 Å². The normalized spacial score (nSPS) is 17.7. The molecule has 4 rings (SSSR count). The Morgan fingerprint density at radius 1 is 0.935 bits per heavy atom. The summed E-state index contributed by atoms with van der Waals surface area (Å²) in [5, 5.41) is 3.43. The van der Waals surface area contributed by atoms with E-state index in [-0.39, 0.29) is 5.91 Å². The molecule has 5 nitrogen and oxygen atoms in total. The Bertz CT molecular complexity index is 826. The standard InChI is InChI=1S/C26H36N4O/c1-28(23-11-4-2-5-12-23)21-22-10-8-9-15-25(22)27-20-26(31)30-18-16-29(17-19-30)24-13-6-3-7-14-24/h3,6-10,13-15,23,27H,2,4-5,11-12,16-21H2,1H3. The van der Waals surface area contributed by atoms with Crippen molar-refractivity contribution in [3.05, 3.63) is 60.2 Å². The van der Waals surface area contributed by atoms with Crippen molar-refractivity contribution in [2.24, 2.45) is 0 Å². The van der Waals surface area contributed by atoms with Crippen molar-refractivity contribution in [3.63, 3.8) is 0 Å². The van der Waals surface area contributed by atoms with Gasteiger partial charge in [0.05, 0.1) is 6.54 Å². The van der Waals surface area contributed by atoms with Gasteiger partial charge in [-0.25, -0.2) is 0 Å². The number of nitrogens with one attached hydrogen (secondary N) is 1. The van der Waals surface area contributed by atoms with Crippen molar-refractivity contribution in [2.45, 2.75) is 44.7 Å². The summed E-state index contributed by atoms with van der Waals surface area (Å²) in [5.74, 6) is 0.183. The van der Waals surface area contributed by atoms with Gasteiger partial charge in [-0.3, -0.25) is 9.69 Å². The van der Waals surface area contributed by atoms with Crippen LogP contribution in [0.2, 0.25) is 0 Å². The van der Waals surface area contributed by atoms with Crippen molar-refractivity contribution < 1.29 is 4.79 Å². The highest BCUT2D eigenvalue weighted by Crippen LogP contribution is 2.25. The highest BCUT2D eigenvalue weighted by atomic mass is 16.2. The first-order valence-corrected chi connectivity index (χ1v) is 11.8. The zero-order chi connectivity index (χ0) is 21.5. The molecule has 0 unspecified atom stereocenters. The van der Waals surface area contributed by atoms with Crippen LogP contribution in [0.4, 0.5) is 11.4 Å². The summed E-state index contributed by atoms with van der Waals surface area (Å²) in [4.78, 5) is 19.7. The zero-order valence-electron chi connectivity index (χ0n) is 18.8. The molecule has 1 saturated heterocycles. The van der Waals surface area contributed by atoms with Crippen molar-refractivity contribution in [1.82, 2.24) is 9.80 Å². The third kappa shape index (κ3) is 5.79. The predicted molar refractivity (Wildman–Crippen MR) is 129 cm³/mol. The van der Waals surface area contributed by atoms with Gasteiger partial charge in [-0.1, -0.05) is 55.7 Å². The molecule has 5 heteroatoms. The minimum absolute atomic E-state index is 0.183. The molecule has 2 aromatic carbocycles. The smallest absolute Gasteiger partial charge is 0.241 e. The first-order valence-electron chi connectivity index (χ1n) is 11.8. The number of nitrogens with zero attached hydrogens (tertiary/aromatic N) is 3.